The Balaban J connectivity index is 1.92. The zero-order chi connectivity index (χ0) is 22.1. The van der Waals surface area contributed by atoms with Gasteiger partial charge in [0, 0.05) is 11.3 Å². The largest absolute Gasteiger partial charge is 0.416 e. The van der Waals surface area contributed by atoms with E-state index < -0.39 is 29.7 Å². The van der Waals surface area contributed by atoms with Crippen LogP contribution in [0, 0.1) is 17.8 Å². The molecule has 0 aromatic heterocycles. The molecule has 0 spiro atoms. The van der Waals surface area contributed by atoms with Crippen molar-refractivity contribution < 1.29 is 22.8 Å². The van der Waals surface area contributed by atoms with Gasteiger partial charge >= 0.3 is 12.2 Å². The van der Waals surface area contributed by atoms with E-state index in [0.29, 0.717) is 5.69 Å². The molecule has 0 aliphatic rings. The number of carbonyl (C=O) groups excluding carboxylic acids is 2. The molecule has 0 heterocycles. The minimum atomic E-state index is -4.44. The van der Waals surface area contributed by atoms with Crippen molar-refractivity contribution in [1.82, 2.24) is 10.6 Å². The Bertz CT molecular complexity index is 932. The number of amides is 3. The second-order valence-electron chi connectivity index (χ2n) is 6.78. The van der Waals surface area contributed by atoms with Crippen molar-refractivity contribution >= 4 is 17.6 Å². The molecule has 0 aliphatic carbocycles. The normalized spacial score (nSPS) is 11.8. The van der Waals surface area contributed by atoms with Crippen molar-refractivity contribution in [2.75, 3.05) is 11.9 Å². The fourth-order valence-electron chi connectivity index (χ4n) is 2.53. The van der Waals surface area contributed by atoms with Crippen LogP contribution in [0.1, 0.15) is 25.0 Å². The Labute approximate surface area is 173 Å². The summed E-state index contributed by atoms with van der Waals surface area (Å²) in [5.41, 5.74) is -0.00319. The van der Waals surface area contributed by atoms with E-state index in [4.69, 9.17) is 0 Å². The average Bonchev–Trinajstić information content (AvgIpc) is 2.69. The predicted molar refractivity (Wildman–Crippen MR) is 109 cm³/mol. The molecule has 2 aromatic rings. The van der Waals surface area contributed by atoms with Crippen molar-refractivity contribution in [2.24, 2.45) is 5.92 Å². The summed E-state index contributed by atoms with van der Waals surface area (Å²) in [6.07, 6.45) is -4.44. The van der Waals surface area contributed by atoms with Gasteiger partial charge in [0.1, 0.15) is 6.04 Å². The fraction of sp³-hybridized carbons (Fsp3) is 0.273. The molecule has 30 heavy (non-hydrogen) atoms. The Hall–Kier alpha value is -3.47. The summed E-state index contributed by atoms with van der Waals surface area (Å²) < 4.78 is 38.2. The predicted octanol–water partition coefficient (Wildman–Crippen LogP) is 4.02. The number of halogens is 3. The van der Waals surface area contributed by atoms with Crippen LogP contribution in [0.25, 0.3) is 0 Å². The molecule has 0 radical (unpaired) electrons. The van der Waals surface area contributed by atoms with Crippen molar-refractivity contribution in [2.45, 2.75) is 26.1 Å². The summed E-state index contributed by atoms with van der Waals surface area (Å²) in [6.45, 7) is 3.49. The SMILES string of the molecule is CC(C)[C@H](NC(=O)Nc1ccccc1)C(=O)NCC#Cc1cccc(C(F)(F)F)c1. The molecular weight excluding hydrogens is 395 g/mol. The third kappa shape index (κ3) is 7.17. The van der Waals surface area contributed by atoms with Gasteiger partial charge in [0.05, 0.1) is 12.1 Å². The Morgan fingerprint density at radius 2 is 1.73 bits per heavy atom. The maximum atomic E-state index is 12.7. The van der Waals surface area contributed by atoms with Crippen LogP contribution in [0.2, 0.25) is 0 Å². The first kappa shape index (κ1) is 22.8. The molecule has 3 amide bonds. The molecule has 0 saturated heterocycles. The lowest BCUT2D eigenvalue weighted by Crippen LogP contribution is -2.51. The quantitative estimate of drug-likeness (QED) is 0.643. The van der Waals surface area contributed by atoms with E-state index in [1.54, 1.807) is 38.1 Å². The molecule has 2 aromatic carbocycles. The van der Waals surface area contributed by atoms with Crippen LogP contribution < -0.4 is 16.0 Å². The molecule has 0 unspecified atom stereocenters. The van der Waals surface area contributed by atoms with Crippen molar-refractivity contribution in [3.63, 3.8) is 0 Å². The molecule has 8 heteroatoms. The lowest BCUT2D eigenvalue weighted by Gasteiger charge is -2.21. The highest BCUT2D eigenvalue weighted by atomic mass is 19.4. The molecule has 0 saturated carbocycles. The molecule has 2 rings (SSSR count). The third-order valence-electron chi connectivity index (χ3n) is 4.04. The average molecular weight is 417 g/mol. The van der Waals surface area contributed by atoms with E-state index in [0.717, 1.165) is 12.1 Å². The molecule has 158 valence electrons. The number of anilines is 1. The Kier molecular flexibility index (Phi) is 7.87. The first-order valence-electron chi connectivity index (χ1n) is 9.23. The summed E-state index contributed by atoms with van der Waals surface area (Å²) >= 11 is 0. The van der Waals surface area contributed by atoms with Crippen molar-refractivity contribution in [1.29, 1.82) is 0 Å². The molecule has 3 N–H and O–H groups in total. The summed E-state index contributed by atoms with van der Waals surface area (Å²) in [5, 5.41) is 7.82. The summed E-state index contributed by atoms with van der Waals surface area (Å²) in [5.74, 6) is 4.58. The number of hydrogen-bond acceptors (Lipinski definition) is 2. The Morgan fingerprint density at radius 1 is 1.03 bits per heavy atom. The number of para-hydroxylation sites is 1. The van der Waals surface area contributed by atoms with E-state index in [2.05, 4.69) is 27.8 Å². The topological polar surface area (TPSA) is 70.2 Å². The van der Waals surface area contributed by atoms with Crippen LogP contribution in [-0.4, -0.2) is 24.5 Å². The van der Waals surface area contributed by atoms with Gasteiger partial charge in [0.2, 0.25) is 5.91 Å². The lowest BCUT2D eigenvalue weighted by molar-refractivity contribution is -0.137. The van der Waals surface area contributed by atoms with Gasteiger partial charge in [-0.1, -0.05) is 50.0 Å². The highest BCUT2D eigenvalue weighted by Crippen LogP contribution is 2.29. The highest BCUT2D eigenvalue weighted by Gasteiger charge is 2.30. The number of rotatable bonds is 5. The number of nitrogens with one attached hydrogen (secondary N) is 3. The van der Waals surface area contributed by atoms with Crippen molar-refractivity contribution in [3.8, 4) is 11.8 Å². The fourth-order valence-corrected chi connectivity index (χ4v) is 2.53. The molecule has 0 fully saturated rings. The first-order chi connectivity index (χ1) is 14.2. The summed E-state index contributed by atoms with van der Waals surface area (Å²) in [6, 6.07) is 12.1. The molecule has 5 nitrogen and oxygen atoms in total. The number of carbonyl (C=O) groups is 2. The maximum Gasteiger partial charge on any atom is 0.416 e. The monoisotopic (exact) mass is 417 g/mol. The molecular formula is C22H22F3N3O2. The van der Waals surface area contributed by atoms with Gasteiger partial charge in [0.15, 0.2) is 0 Å². The van der Waals surface area contributed by atoms with Gasteiger partial charge in [0.25, 0.3) is 0 Å². The van der Waals surface area contributed by atoms with E-state index in [9.17, 15) is 22.8 Å². The van der Waals surface area contributed by atoms with E-state index in [1.165, 1.54) is 12.1 Å². The summed E-state index contributed by atoms with van der Waals surface area (Å²) in [4.78, 5) is 24.5. The molecule has 0 aliphatic heterocycles. The third-order valence-corrected chi connectivity index (χ3v) is 4.04. The second-order valence-corrected chi connectivity index (χ2v) is 6.78. The van der Waals surface area contributed by atoms with E-state index >= 15 is 0 Å². The zero-order valence-electron chi connectivity index (χ0n) is 16.5. The van der Waals surface area contributed by atoms with Gasteiger partial charge in [-0.05, 0) is 36.2 Å². The number of benzene rings is 2. The zero-order valence-corrected chi connectivity index (χ0v) is 16.5. The van der Waals surface area contributed by atoms with Crippen LogP contribution in [0.5, 0.6) is 0 Å². The smallest absolute Gasteiger partial charge is 0.343 e. The number of hydrogen-bond donors (Lipinski definition) is 3. The lowest BCUT2D eigenvalue weighted by atomic mass is 10.0. The van der Waals surface area contributed by atoms with Crippen molar-refractivity contribution in [3.05, 3.63) is 65.7 Å². The molecule has 1 atom stereocenters. The van der Waals surface area contributed by atoms with Gasteiger partial charge in [-0.3, -0.25) is 4.79 Å². The standard InChI is InChI=1S/C22H22F3N3O2/c1-15(2)19(28-21(30)27-18-11-4-3-5-12-18)20(29)26-13-7-9-16-8-6-10-17(14-16)22(23,24)25/h3-6,8,10-12,14-15,19H,13H2,1-2H3,(H,26,29)(H2,27,28,30)/t19-/m0/s1. The first-order valence-corrected chi connectivity index (χ1v) is 9.23. The van der Waals surface area contributed by atoms with Gasteiger partial charge < -0.3 is 16.0 Å². The Morgan fingerprint density at radius 3 is 2.37 bits per heavy atom. The number of urea groups is 1. The van der Waals surface area contributed by atoms with Crippen LogP contribution in [0.3, 0.4) is 0 Å². The van der Waals surface area contributed by atoms with Gasteiger partial charge in [-0.25, -0.2) is 4.79 Å². The van der Waals surface area contributed by atoms with Crippen LogP contribution in [-0.2, 0) is 11.0 Å². The maximum absolute atomic E-state index is 12.7. The number of alkyl halides is 3. The molecule has 0 bridgehead atoms. The second kappa shape index (κ2) is 10.3. The van der Waals surface area contributed by atoms with Crippen LogP contribution in [0.4, 0.5) is 23.7 Å². The van der Waals surface area contributed by atoms with E-state index in [1.807, 2.05) is 6.07 Å². The van der Waals surface area contributed by atoms with Crippen LogP contribution >= 0.6 is 0 Å². The summed E-state index contributed by atoms with van der Waals surface area (Å²) in [7, 11) is 0. The van der Waals surface area contributed by atoms with Gasteiger partial charge in [-0.15, -0.1) is 0 Å². The van der Waals surface area contributed by atoms with Crippen LogP contribution in [0.15, 0.2) is 54.6 Å². The van der Waals surface area contributed by atoms with Gasteiger partial charge in [-0.2, -0.15) is 13.2 Å². The minimum absolute atomic E-state index is 0.0692. The minimum Gasteiger partial charge on any atom is -0.343 e. The highest BCUT2D eigenvalue weighted by molar-refractivity contribution is 5.93. The van der Waals surface area contributed by atoms with E-state index in [-0.39, 0.29) is 18.0 Å².